The first-order valence-corrected chi connectivity index (χ1v) is 26.8. The summed E-state index contributed by atoms with van der Waals surface area (Å²) < 4.78 is 47.5. The number of nitro groups is 1. The molecular formula is C57H76N6O18. The predicted molar refractivity (Wildman–Crippen MR) is 290 cm³/mol. The maximum Gasteiger partial charge on any atom is 0.410 e. The molecule has 0 spiro atoms. The van der Waals surface area contributed by atoms with Crippen LogP contribution in [0.4, 0.5) is 29.7 Å². The van der Waals surface area contributed by atoms with Gasteiger partial charge >= 0.3 is 30.5 Å². The maximum atomic E-state index is 14.3. The lowest BCUT2D eigenvalue weighted by atomic mass is 9.72. The van der Waals surface area contributed by atoms with Gasteiger partial charge in [-0.1, -0.05) is 48.5 Å². The third-order valence-electron chi connectivity index (χ3n) is 13.9. The number of nitrogens with zero attached hydrogens (tertiary/aromatic N) is 2. The van der Waals surface area contributed by atoms with Gasteiger partial charge in [0.25, 0.3) is 5.69 Å². The molecule has 1 saturated heterocycles. The molecule has 11 atom stereocenters. The van der Waals surface area contributed by atoms with E-state index in [2.05, 4.69) is 21.3 Å². The lowest BCUT2D eigenvalue weighted by Crippen LogP contribution is -2.71. The van der Waals surface area contributed by atoms with Crippen LogP contribution in [0.1, 0.15) is 105 Å². The summed E-state index contributed by atoms with van der Waals surface area (Å²) in [5.74, 6) is -1.54. The minimum absolute atomic E-state index is 0.00626. The summed E-state index contributed by atoms with van der Waals surface area (Å²) >= 11 is 0. The fourth-order valence-corrected chi connectivity index (χ4v) is 10.6. The van der Waals surface area contributed by atoms with Crippen LogP contribution in [0.2, 0.25) is 0 Å². The molecule has 0 bridgehead atoms. The zero-order valence-electron chi connectivity index (χ0n) is 47.5. The molecule has 3 aromatic rings. The molecule has 24 nitrogen and oxygen atoms in total. The van der Waals surface area contributed by atoms with Crippen molar-refractivity contribution >= 4 is 36.2 Å². The topological polar surface area (TPSA) is 314 Å². The lowest BCUT2D eigenvalue weighted by molar-refractivity contribution is -0.384. The molecule has 7 N–H and O–H groups in total. The summed E-state index contributed by atoms with van der Waals surface area (Å²) in [5.41, 5.74) is -0.625. The zero-order valence-corrected chi connectivity index (χ0v) is 47.5. The maximum absolute atomic E-state index is 14.3. The van der Waals surface area contributed by atoms with E-state index in [1.54, 1.807) is 68.4 Å². The Labute approximate surface area is 470 Å². The predicted octanol–water partition coefficient (Wildman–Crippen LogP) is 6.66. The van der Waals surface area contributed by atoms with Crippen molar-refractivity contribution in [2.75, 3.05) is 26.8 Å². The highest BCUT2D eigenvalue weighted by molar-refractivity contribution is 5.79. The van der Waals surface area contributed by atoms with Gasteiger partial charge in [-0.15, -0.1) is 0 Å². The number of carbonyl (C=O) groups is 5. The van der Waals surface area contributed by atoms with E-state index in [0.29, 0.717) is 5.56 Å². The van der Waals surface area contributed by atoms with Gasteiger partial charge in [-0.25, -0.2) is 24.0 Å². The first kappa shape index (κ1) is 61.4. The Balaban J connectivity index is 1.22. The third-order valence-corrected chi connectivity index (χ3v) is 13.9. The van der Waals surface area contributed by atoms with Gasteiger partial charge in [-0.2, -0.15) is 0 Å². The second kappa shape index (κ2) is 24.9. The molecule has 1 unspecified atom stereocenters. The summed E-state index contributed by atoms with van der Waals surface area (Å²) in [6.07, 6.45) is -11.5. The van der Waals surface area contributed by atoms with Gasteiger partial charge in [-0.3, -0.25) is 10.1 Å². The largest absolute Gasteiger partial charge is 0.491 e. The molecule has 2 fully saturated rings. The molecule has 24 heteroatoms. The van der Waals surface area contributed by atoms with Crippen LogP contribution in [0.15, 0.2) is 84.6 Å². The molecule has 0 radical (unpaired) electrons. The molecule has 81 heavy (non-hydrogen) atoms. The summed E-state index contributed by atoms with van der Waals surface area (Å²) in [6, 6.07) is 16.0. The summed E-state index contributed by atoms with van der Waals surface area (Å²) in [7, 11) is 1.33. The van der Waals surface area contributed by atoms with Crippen molar-refractivity contribution in [3.63, 3.8) is 0 Å². The van der Waals surface area contributed by atoms with Crippen LogP contribution in [-0.4, -0.2) is 160 Å². The van der Waals surface area contributed by atoms with Crippen LogP contribution in [0.5, 0.6) is 0 Å². The fraction of sp³-hybridized carbons (Fsp3) is 0.561. The normalized spacial score (nSPS) is 26.4. The summed E-state index contributed by atoms with van der Waals surface area (Å²) in [5, 5.41) is 59.2. The Kier molecular flexibility index (Phi) is 18.8. The molecule has 2 heterocycles. The third kappa shape index (κ3) is 15.8. The number of nitrogens with one attached hydrogen (secondary N) is 4. The second-order valence-electron chi connectivity index (χ2n) is 23.9. The Morgan fingerprint density at radius 3 is 1.86 bits per heavy atom. The number of hydrogen-bond acceptors (Lipinski definition) is 18. The Morgan fingerprint density at radius 2 is 1.30 bits per heavy atom. The van der Waals surface area contributed by atoms with Gasteiger partial charge in [0, 0.05) is 37.1 Å². The minimum atomic E-state index is -1.88. The molecule has 1 saturated carbocycles. The van der Waals surface area contributed by atoms with Gasteiger partial charge in [0.2, 0.25) is 0 Å². The first-order valence-electron chi connectivity index (χ1n) is 26.8. The Hall–Kier alpha value is -7.25. The monoisotopic (exact) mass is 1130 g/mol. The lowest BCUT2D eigenvalue weighted by Gasteiger charge is -2.52. The quantitative estimate of drug-likeness (QED) is 0.0504. The Morgan fingerprint density at radius 1 is 0.741 bits per heavy atom. The van der Waals surface area contributed by atoms with Gasteiger partial charge < -0.3 is 79.4 Å². The number of non-ortho nitro benzene ring substituents is 1. The van der Waals surface area contributed by atoms with E-state index in [1.165, 1.54) is 38.2 Å². The van der Waals surface area contributed by atoms with Gasteiger partial charge in [-0.05, 0) is 128 Å². The number of carbonyl (C=O) groups excluding carboxylic acids is 5. The van der Waals surface area contributed by atoms with E-state index >= 15 is 0 Å². The number of aliphatic hydroxyl groups is 3. The van der Waals surface area contributed by atoms with Crippen LogP contribution in [-0.2, 0) is 44.5 Å². The number of alkyl carbamates (subject to hydrolysis) is 4. The zero-order chi connectivity index (χ0) is 59.4. The molecule has 2 aliphatic carbocycles. The van der Waals surface area contributed by atoms with Crippen molar-refractivity contribution < 1.29 is 82.1 Å². The van der Waals surface area contributed by atoms with Gasteiger partial charge in [0.05, 0.1) is 42.3 Å². The number of benzene rings is 3. The van der Waals surface area contributed by atoms with Crippen molar-refractivity contribution in [2.24, 2.45) is 5.92 Å². The van der Waals surface area contributed by atoms with E-state index in [-0.39, 0.29) is 50.0 Å². The van der Waals surface area contributed by atoms with E-state index < -0.39 is 125 Å². The van der Waals surface area contributed by atoms with Crippen LogP contribution >= 0.6 is 0 Å². The number of ether oxygens (including phenoxy) is 8. The molecule has 3 aromatic carbocycles. The number of fused-ring (bicyclic) bond motifs is 3. The Bertz CT molecular complexity index is 2740. The SMILES string of the molecule is CN(C(=O)OC(C)(C)C)[C@@H]1[C@@H](O)[C@@H](O[C@@H]2[C@@H](O)[C@H](C3OC(CNC(=O)OCc4ccc([N+](=O)[O-])cc4)=CC[C@H]3NC(=O)OC(C)(C)C)[C@@H](NC(=O)OC(C)(C)C)C[C@H]2NC(=O)OCC2c3ccccc3-c3ccccc32)OC[C@]1(C)O. The summed E-state index contributed by atoms with van der Waals surface area (Å²) in [6.45, 7) is 15.1. The highest BCUT2D eigenvalue weighted by Crippen LogP contribution is 2.45. The number of aliphatic hydroxyl groups excluding tert-OH is 2. The van der Waals surface area contributed by atoms with Crippen LogP contribution in [0, 0.1) is 16.0 Å². The van der Waals surface area contributed by atoms with Crippen molar-refractivity contribution in [3.8, 4) is 11.1 Å². The highest BCUT2D eigenvalue weighted by atomic mass is 16.7. The number of likely N-dealkylation sites (N-methyl/N-ethyl adjacent to an activating group) is 1. The average Bonchev–Trinajstić information content (AvgIpc) is 3.95. The van der Waals surface area contributed by atoms with Gasteiger partial charge in [0.1, 0.15) is 59.7 Å². The smallest absolute Gasteiger partial charge is 0.410 e. The second-order valence-corrected chi connectivity index (χ2v) is 23.9. The number of hydrogen-bond donors (Lipinski definition) is 7. The molecule has 5 amide bonds. The molecule has 442 valence electrons. The van der Waals surface area contributed by atoms with Crippen LogP contribution in [0.3, 0.4) is 0 Å². The van der Waals surface area contributed by atoms with Crippen LogP contribution < -0.4 is 21.3 Å². The number of nitro benzene ring substituents is 1. The highest BCUT2D eigenvalue weighted by Gasteiger charge is 2.57. The van der Waals surface area contributed by atoms with E-state index in [9.17, 15) is 49.4 Å². The molecule has 2 aliphatic heterocycles. The molecule has 7 rings (SSSR count). The first-order chi connectivity index (χ1) is 37.9. The standard InChI is InChI=1S/C57H76N6O18/c1-54(2,3)79-51(68)59-39-25-24-33(27-58-49(66)74-28-31-20-22-32(23-21-31)63(72)73)77-45(39)42-40(60-52(69)80-55(4,5)6)26-41(61-50(67)75-29-38-36-18-14-12-16-34(36)35-17-13-15-19-37(35)38)46(43(42)64)78-48-44(65)47(57(10,71)30-76-48)62(11)53(70)81-56(7,8)9/h12-24,38-48,64-65,71H,25-30H2,1-11H3,(H,58,66)(H,59,68)(H,60,69)(H,61,67)/t39-,40+,41-,42-,43+,44-,45?,46+,47-,48-,57+/m1/s1. The molecular weight excluding hydrogens is 1060 g/mol. The van der Waals surface area contributed by atoms with Crippen molar-refractivity contribution in [2.45, 2.75) is 172 Å². The fourth-order valence-electron chi connectivity index (χ4n) is 10.6. The number of rotatable bonds is 14. The van der Waals surface area contributed by atoms with Gasteiger partial charge in [0.15, 0.2) is 6.29 Å². The van der Waals surface area contributed by atoms with Crippen molar-refractivity contribution in [1.29, 1.82) is 0 Å². The molecule has 4 aliphatic rings. The minimum Gasteiger partial charge on any atom is -0.491 e. The van der Waals surface area contributed by atoms with E-state index in [1.807, 2.05) is 48.5 Å². The van der Waals surface area contributed by atoms with E-state index in [4.69, 9.17) is 37.9 Å². The summed E-state index contributed by atoms with van der Waals surface area (Å²) in [4.78, 5) is 80.1. The van der Waals surface area contributed by atoms with Crippen molar-refractivity contribution in [1.82, 2.24) is 26.2 Å². The van der Waals surface area contributed by atoms with Crippen molar-refractivity contribution in [3.05, 3.63) is 111 Å². The molecule has 0 aromatic heterocycles. The van der Waals surface area contributed by atoms with E-state index in [0.717, 1.165) is 27.2 Å². The van der Waals surface area contributed by atoms with Crippen LogP contribution in [0.25, 0.3) is 11.1 Å². The number of amides is 5. The average molecular weight is 1130 g/mol.